The second kappa shape index (κ2) is 6.91. The zero-order chi connectivity index (χ0) is 18.0. The number of aromatic nitrogens is 1. The Balaban J connectivity index is 1.91. The third kappa shape index (κ3) is 3.71. The summed E-state index contributed by atoms with van der Waals surface area (Å²) in [5, 5.41) is 3.23. The summed E-state index contributed by atoms with van der Waals surface area (Å²) >= 11 is 1.37. The number of amides is 1. The summed E-state index contributed by atoms with van der Waals surface area (Å²) in [6.45, 7) is 3.74. The van der Waals surface area contributed by atoms with Crippen LogP contribution in [0.15, 0.2) is 47.4 Å². The summed E-state index contributed by atoms with van der Waals surface area (Å²) in [5.41, 5.74) is 1.80. The Morgan fingerprint density at radius 2 is 1.96 bits per heavy atom. The maximum Gasteiger partial charge on any atom is 0.257 e. The van der Waals surface area contributed by atoms with E-state index in [0.29, 0.717) is 16.3 Å². The van der Waals surface area contributed by atoms with Crippen molar-refractivity contribution < 1.29 is 13.2 Å². The first-order chi connectivity index (χ1) is 11.9. The molecular weight excluding hydrogens is 358 g/mol. The van der Waals surface area contributed by atoms with Gasteiger partial charge in [0, 0.05) is 12.1 Å². The van der Waals surface area contributed by atoms with Gasteiger partial charge in [0.05, 0.1) is 15.1 Å². The molecule has 1 heterocycles. The Kier molecular flexibility index (Phi) is 4.85. The van der Waals surface area contributed by atoms with E-state index in [9.17, 15) is 13.2 Å². The van der Waals surface area contributed by atoms with E-state index in [4.69, 9.17) is 0 Å². The van der Waals surface area contributed by atoms with Gasteiger partial charge in [0.15, 0.2) is 5.13 Å². The van der Waals surface area contributed by atoms with Gasteiger partial charge in [-0.25, -0.2) is 18.1 Å². The number of rotatable bonds is 5. The second-order valence-corrected chi connectivity index (χ2v) is 8.22. The maximum atomic E-state index is 12.6. The van der Waals surface area contributed by atoms with Crippen molar-refractivity contribution in [3.8, 4) is 0 Å². The lowest BCUT2D eigenvalue weighted by Gasteiger charge is -2.09. The largest absolute Gasteiger partial charge is 0.298 e. The van der Waals surface area contributed by atoms with Gasteiger partial charge in [-0.2, -0.15) is 0 Å². The minimum absolute atomic E-state index is 0.0643. The smallest absolute Gasteiger partial charge is 0.257 e. The molecule has 25 heavy (non-hydrogen) atoms. The number of carbonyl (C=O) groups is 1. The van der Waals surface area contributed by atoms with Crippen molar-refractivity contribution in [2.24, 2.45) is 0 Å². The minimum Gasteiger partial charge on any atom is -0.298 e. The molecule has 8 heteroatoms. The molecule has 0 aliphatic heterocycles. The van der Waals surface area contributed by atoms with E-state index in [1.165, 1.54) is 23.5 Å². The summed E-state index contributed by atoms with van der Waals surface area (Å²) < 4.78 is 27.7. The standard InChI is InChI=1S/C17H17N3O3S2/c1-3-18-25(22,23)12-9-8-11(2)13(10-12)16(21)20-17-19-14-6-4-5-7-15(14)24-17/h4-10,18H,3H2,1-2H3,(H,19,20,21). The highest BCUT2D eigenvalue weighted by Crippen LogP contribution is 2.26. The van der Waals surface area contributed by atoms with Crippen molar-refractivity contribution in [2.75, 3.05) is 11.9 Å². The highest BCUT2D eigenvalue weighted by molar-refractivity contribution is 7.89. The molecule has 1 aromatic heterocycles. The first-order valence-corrected chi connectivity index (χ1v) is 9.98. The number of hydrogen-bond acceptors (Lipinski definition) is 5. The number of thiazole rings is 1. The van der Waals surface area contributed by atoms with Crippen LogP contribution in [0.25, 0.3) is 10.2 Å². The van der Waals surface area contributed by atoms with E-state index in [2.05, 4.69) is 15.0 Å². The van der Waals surface area contributed by atoms with E-state index in [1.54, 1.807) is 19.9 Å². The lowest BCUT2D eigenvalue weighted by molar-refractivity contribution is 0.102. The van der Waals surface area contributed by atoms with Crippen molar-refractivity contribution >= 4 is 42.6 Å². The number of benzene rings is 2. The van der Waals surface area contributed by atoms with E-state index in [1.807, 2.05) is 24.3 Å². The Labute approximate surface area is 150 Å². The fourth-order valence-corrected chi connectivity index (χ4v) is 4.30. The first kappa shape index (κ1) is 17.5. The van der Waals surface area contributed by atoms with Crippen LogP contribution >= 0.6 is 11.3 Å². The Bertz CT molecular complexity index is 1010. The summed E-state index contributed by atoms with van der Waals surface area (Å²) in [5.74, 6) is -0.384. The topological polar surface area (TPSA) is 88.2 Å². The number of nitrogens with zero attached hydrogens (tertiary/aromatic N) is 1. The SMILES string of the molecule is CCNS(=O)(=O)c1ccc(C)c(C(=O)Nc2nc3ccccc3s2)c1. The van der Waals surface area contributed by atoms with Crippen LogP contribution in [0.1, 0.15) is 22.8 Å². The van der Waals surface area contributed by atoms with Gasteiger partial charge >= 0.3 is 0 Å². The molecule has 6 nitrogen and oxygen atoms in total. The third-order valence-corrected chi connectivity index (χ3v) is 6.11. The van der Waals surface area contributed by atoms with Crippen LogP contribution < -0.4 is 10.0 Å². The molecule has 0 spiro atoms. The zero-order valence-electron chi connectivity index (χ0n) is 13.7. The van der Waals surface area contributed by atoms with Crippen LogP contribution in [0.2, 0.25) is 0 Å². The van der Waals surface area contributed by atoms with Gasteiger partial charge in [0.25, 0.3) is 5.91 Å². The van der Waals surface area contributed by atoms with Crippen LogP contribution in [-0.2, 0) is 10.0 Å². The van der Waals surface area contributed by atoms with Gasteiger partial charge in [0.1, 0.15) is 0 Å². The molecule has 0 aliphatic rings. The quantitative estimate of drug-likeness (QED) is 0.717. The highest BCUT2D eigenvalue weighted by Gasteiger charge is 2.18. The molecule has 0 unspecified atom stereocenters. The monoisotopic (exact) mass is 375 g/mol. The Morgan fingerprint density at radius 3 is 2.68 bits per heavy atom. The van der Waals surface area contributed by atoms with Crippen molar-refractivity contribution in [3.63, 3.8) is 0 Å². The fraction of sp³-hybridized carbons (Fsp3) is 0.176. The number of hydrogen-bond donors (Lipinski definition) is 2. The zero-order valence-corrected chi connectivity index (χ0v) is 15.4. The normalized spacial score (nSPS) is 11.6. The molecule has 1 amide bonds. The lowest BCUT2D eigenvalue weighted by atomic mass is 10.1. The molecule has 0 saturated heterocycles. The molecule has 0 aliphatic carbocycles. The summed E-state index contributed by atoms with van der Waals surface area (Å²) in [7, 11) is -3.62. The van der Waals surface area contributed by atoms with Crippen molar-refractivity contribution in [1.82, 2.24) is 9.71 Å². The number of carbonyl (C=O) groups excluding carboxylic acids is 1. The van der Waals surface area contributed by atoms with Gasteiger partial charge < -0.3 is 0 Å². The van der Waals surface area contributed by atoms with E-state index >= 15 is 0 Å². The van der Waals surface area contributed by atoms with Gasteiger partial charge in [0.2, 0.25) is 10.0 Å². The second-order valence-electron chi connectivity index (χ2n) is 5.42. The number of nitrogens with one attached hydrogen (secondary N) is 2. The van der Waals surface area contributed by atoms with Gasteiger partial charge in [-0.3, -0.25) is 10.1 Å². The predicted molar refractivity (Wildman–Crippen MR) is 99.6 cm³/mol. The molecule has 0 saturated carbocycles. The summed E-state index contributed by atoms with van der Waals surface area (Å²) in [6, 6.07) is 12.1. The maximum absolute atomic E-state index is 12.6. The first-order valence-electron chi connectivity index (χ1n) is 7.68. The molecule has 130 valence electrons. The number of para-hydroxylation sites is 1. The van der Waals surface area contributed by atoms with Gasteiger partial charge in [-0.15, -0.1) is 0 Å². The molecule has 0 bridgehead atoms. The average Bonchev–Trinajstić information content (AvgIpc) is 2.97. The van der Waals surface area contributed by atoms with Gasteiger partial charge in [-0.1, -0.05) is 36.5 Å². The molecule has 3 rings (SSSR count). The molecule has 0 radical (unpaired) electrons. The highest BCUT2D eigenvalue weighted by atomic mass is 32.2. The van der Waals surface area contributed by atoms with Crippen molar-refractivity contribution in [3.05, 3.63) is 53.6 Å². The molecule has 2 N–H and O–H groups in total. The number of sulfonamides is 1. The van der Waals surface area contributed by atoms with Crippen LogP contribution in [0.4, 0.5) is 5.13 Å². The fourth-order valence-electron chi connectivity index (χ4n) is 2.38. The van der Waals surface area contributed by atoms with Crippen LogP contribution in [0, 0.1) is 6.92 Å². The molecule has 3 aromatic rings. The van der Waals surface area contributed by atoms with Gasteiger partial charge in [-0.05, 0) is 36.8 Å². The molecule has 0 fully saturated rings. The molecular formula is C17H17N3O3S2. The Morgan fingerprint density at radius 1 is 1.20 bits per heavy atom. The number of anilines is 1. The number of fused-ring (bicyclic) bond motifs is 1. The van der Waals surface area contributed by atoms with Crippen LogP contribution in [0.5, 0.6) is 0 Å². The van der Waals surface area contributed by atoms with Crippen molar-refractivity contribution in [1.29, 1.82) is 0 Å². The predicted octanol–water partition coefficient (Wildman–Crippen LogP) is 3.16. The molecule has 2 aromatic carbocycles. The third-order valence-electron chi connectivity index (χ3n) is 3.61. The van der Waals surface area contributed by atoms with Crippen LogP contribution in [-0.4, -0.2) is 25.9 Å². The molecule has 0 atom stereocenters. The van der Waals surface area contributed by atoms with E-state index < -0.39 is 10.0 Å². The number of aryl methyl sites for hydroxylation is 1. The van der Waals surface area contributed by atoms with Crippen LogP contribution in [0.3, 0.4) is 0 Å². The minimum atomic E-state index is -3.62. The Hall–Kier alpha value is -2.29. The van der Waals surface area contributed by atoms with E-state index in [0.717, 1.165) is 10.2 Å². The summed E-state index contributed by atoms with van der Waals surface area (Å²) in [4.78, 5) is 17.0. The summed E-state index contributed by atoms with van der Waals surface area (Å²) in [6.07, 6.45) is 0. The van der Waals surface area contributed by atoms with E-state index in [-0.39, 0.29) is 17.3 Å². The lowest BCUT2D eigenvalue weighted by Crippen LogP contribution is -2.24. The average molecular weight is 375 g/mol. The van der Waals surface area contributed by atoms with Crippen molar-refractivity contribution in [2.45, 2.75) is 18.7 Å².